The van der Waals surface area contributed by atoms with Gasteiger partial charge in [-0.3, -0.25) is 9.69 Å². The maximum absolute atomic E-state index is 11.9. The lowest BCUT2D eigenvalue weighted by atomic mass is 10.4. The highest BCUT2D eigenvalue weighted by Gasteiger charge is 2.18. The molecule has 0 aromatic carbocycles. The third-order valence-electron chi connectivity index (χ3n) is 3.50. The molecular weight excluding hydrogens is 310 g/mol. The zero-order valence-corrected chi connectivity index (χ0v) is 15.1. The standard InChI is InChI=1S/C16H27N5O3/c1-17-15-14(16(22)18-2)20(3)13(19-15)7-6-8-21(9-11-23-4)10-12-24-5/h17H,8-12H2,1-5H3,(H,18,22). The molecule has 8 nitrogen and oxygen atoms in total. The topological polar surface area (TPSA) is 80.7 Å². The van der Waals surface area contributed by atoms with Gasteiger partial charge < -0.3 is 24.7 Å². The quantitative estimate of drug-likeness (QED) is 0.606. The highest BCUT2D eigenvalue weighted by Crippen LogP contribution is 2.14. The minimum Gasteiger partial charge on any atom is -0.383 e. The Morgan fingerprint density at radius 2 is 1.88 bits per heavy atom. The van der Waals surface area contributed by atoms with E-state index in [-0.39, 0.29) is 5.91 Å². The van der Waals surface area contributed by atoms with Crippen LogP contribution >= 0.6 is 0 Å². The predicted octanol–water partition coefficient (Wildman–Crippen LogP) is -0.232. The van der Waals surface area contributed by atoms with Crippen molar-refractivity contribution in [1.82, 2.24) is 19.8 Å². The molecule has 0 saturated carbocycles. The first-order chi connectivity index (χ1) is 11.6. The summed E-state index contributed by atoms with van der Waals surface area (Å²) in [5.74, 6) is 6.98. The van der Waals surface area contributed by atoms with Crippen LogP contribution < -0.4 is 10.6 Å². The number of amides is 1. The molecule has 2 N–H and O–H groups in total. The molecule has 0 fully saturated rings. The second-order valence-electron chi connectivity index (χ2n) is 5.08. The molecule has 1 aromatic heterocycles. The zero-order valence-electron chi connectivity index (χ0n) is 15.1. The molecule has 1 rings (SSSR count). The van der Waals surface area contributed by atoms with Gasteiger partial charge in [-0.2, -0.15) is 0 Å². The molecule has 0 saturated heterocycles. The first kappa shape index (κ1) is 20.0. The summed E-state index contributed by atoms with van der Waals surface area (Å²) in [5.41, 5.74) is 0.458. The maximum atomic E-state index is 11.9. The molecule has 0 bridgehead atoms. The molecule has 0 radical (unpaired) electrons. The molecule has 0 atom stereocenters. The Labute approximate surface area is 143 Å². The highest BCUT2D eigenvalue weighted by molar-refractivity contribution is 5.97. The summed E-state index contributed by atoms with van der Waals surface area (Å²) < 4.78 is 11.9. The number of anilines is 1. The van der Waals surface area contributed by atoms with Crippen LogP contribution in [0.4, 0.5) is 5.82 Å². The lowest BCUT2D eigenvalue weighted by molar-refractivity contribution is 0.0956. The fraction of sp³-hybridized carbons (Fsp3) is 0.625. The van der Waals surface area contributed by atoms with Crippen LogP contribution in [0.2, 0.25) is 0 Å². The number of hydrogen-bond acceptors (Lipinski definition) is 6. The Kier molecular flexibility index (Phi) is 8.86. The second-order valence-corrected chi connectivity index (χ2v) is 5.08. The van der Waals surface area contributed by atoms with Gasteiger partial charge in [-0.05, 0) is 5.92 Å². The summed E-state index contributed by atoms with van der Waals surface area (Å²) in [6, 6.07) is 0. The number of nitrogens with zero attached hydrogens (tertiary/aromatic N) is 3. The highest BCUT2D eigenvalue weighted by atomic mass is 16.5. The summed E-state index contributed by atoms with van der Waals surface area (Å²) in [7, 11) is 8.43. The van der Waals surface area contributed by atoms with Crippen molar-refractivity contribution in [1.29, 1.82) is 0 Å². The molecule has 1 aromatic rings. The van der Waals surface area contributed by atoms with Gasteiger partial charge >= 0.3 is 0 Å². The van der Waals surface area contributed by atoms with Gasteiger partial charge in [0.2, 0.25) is 0 Å². The first-order valence-electron chi connectivity index (χ1n) is 7.74. The van der Waals surface area contributed by atoms with Crippen molar-refractivity contribution < 1.29 is 14.3 Å². The van der Waals surface area contributed by atoms with Crippen molar-refractivity contribution >= 4 is 11.7 Å². The Morgan fingerprint density at radius 1 is 1.25 bits per heavy atom. The predicted molar refractivity (Wildman–Crippen MR) is 93.2 cm³/mol. The van der Waals surface area contributed by atoms with E-state index in [0.29, 0.717) is 37.1 Å². The van der Waals surface area contributed by atoms with Gasteiger partial charge in [0.15, 0.2) is 17.3 Å². The number of hydrogen-bond donors (Lipinski definition) is 2. The van der Waals surface area contributed by atoms with Gasteiger partial charge in [-0.1, -0.05) is 5.92 Å². The number of nitrogens with one attached hydrogen (secondary N) is 2. The number of methoxy groups -OCH3 is 2. The lowest BCUT2D eigenvalue weighted by Crippen LogP contribution is -2.31. The fourth-order valence-corrected chi connectivity index (χ4v) is 2.10. The van der Waals surface area contributed by atoms with Gasteiger partial charge in [0.25, 0.3) is 5.91 Å². The smallest absolute Gasteiger partial charge is 0.271 e. The minimum atomic E-state index is -0.204. The summed E-state index contributed by atoms with van der Waals surface area (Å²) in [4.78, 5) is 18.5. The average Bonchev–Trinajstić information content (AvgIpc) is 2.92. The Hall–Kier alpha value is -2.08. The summed E-state index contributed by atoms with van der Waals surface area (Å²) in [6.45, 7) is 3.40. The zero-order chi connectivity index (χ0) is 17.9. The summed E-state index contributed by atoms with van der Waals surface area (Å²) in [5, 5.41) is 5.53. The van der Waals surface area contributed by atoms with Crippen molar-refractivity contribution in [3.63, 3.8) is 0 Å². The number of imidazole rings is 1. The van der Waals surface area contributed by atoms with E-state index in [1.54, 1.807) is 39.9 Å². The van der Waals surface area contributed by atoms with Crippen LogP contribution in [-0.4, -0.2) is 81.5 Å². The monoisotopic (exact) mass is 337 g/mol. The first-order valence-corrected chi connectivity index (χ1v) is 7.74. The Balaban J connectivity index is 2.86. The molecule has 0 unspecified atom stereocenters. The van der Waals surface area contributed by atoms with Gasteiger partial charge in [-0.25, -0.2) is 4.98 Å². The Bertz CT molecular complexity index is 581. The third-order valence-corrected chi connectivity index (χ3v) is 3.50. The molecule has 134 valence electrons. The maximum Gasteiger partial charge on any atom is 0.271 e. The number of rotatable bonds is 9. The summed E-state index contributed by atoms with van der Waals surface area (Å²) >= 11 is 0. The summed E-state index contributed by atoms with van der Waals surface area (Å²) in [6.07, 6.45) is 0. The molecule has 1 amide bonds. The second kappa shape index (κ2) is 10.6. The lowest BCUT2D eigenvalue weighted by Gasteiger charge is -2.18. The molecule has 0 aliphatic heterocycles. The fourth-order valence-electron chi connectivity index (χ4n) is 2.10. The van der Waals surface area contributed by atoms with Gasteiger partial charge in [-0.15, -0.1) is 0 Å². The van der Waals surface area contributed by atoms with E-state index in [4.69, 9.17) is 9.47 Å². The van der Waals surface area contributed by atoms with E-state index < -0.39 is 0 Å². The van der Waals surface area contributed by atoms with E-state index in [1.807, 2.05) is 0 Å². The average molecular weight is 337 g/mol. The van der Waals surface area contributed by atoms with E-state index in [0.717, 1.165) is 13.1 Å². The molecule has 8 heteroatoms. The molecule has 0 aliphatic carbocycles. The Morgan fingerprint density at radius 3 is 2.38 bits per heavy atom. The van der Waals surface area contributed by atoms with Crippen LogP contribution in [-0.2, 0) is 16.5 Å². The van der Waals surface area contributed by atoms with Gasteiger partial charge in [0.05, 0.1) is 19.8 Å². The molecule has 0 aliphatic rings. The molecular formula is C16H27N5O3. The normalized spacial score (nSPS) is 10.4. The minimum absolute atomic E-state index is 0.204. The van der Waals surface area contributed by atoms with Crippen LogP contribution in [0.25, 0.3) is 0 Å². The van der Waals surface area contributed by atoms with Gasteiger partial charge in [0.1, 0.15) is 0 Å². The van der Waals surface area contributed by atoms with E-state index >= 15 is 0 Å². The van der Waals surface area contributed by atoms with Crippen LogP contribution in [0.15, 0.2) is 0 Å². The van der Waals surface area contributed by atoms with E-state index in [2.05, 4.69) is 32.4 Å². The SMILES string of the molecule is CNC(=O)c1c(NC)nc(C#CCN(CCOC)CCOC)n1C. The van der Waals surface area contributed by atoms with Crippen molar-refractivity contribution in [3.8, 4) is 11.8 Å². The van der Waals surface area contributed by atoms with Crippen LogP contribution in [0, 0.1) is 11.8 Å². The van der Waals surface area contributed by atoms with Gasteiger partial charge in [0, 0.05) is 48.5 Å². The largest absolute Gasteiger partial charge is 0.383 e. The number of ether oxygens (including phenoxy) is 2. The van der Waals surface area contributed by atoms with Crippen LogP contribution in [0.5, 0.6) is 0 Å². The molecule has 1 heterocycles. The van der Waals surface area contributed by atoms with Crippen LogP contribution in [0.1, 0.15) is 16.3 Å². The van der Waals surface area contributed by atoms with E-state index in [9.17, 15) is 4.79 Å². The molecule has 24 heavy (non-hydrogen) atoms. The van der Waals surface area contributed by atoms with Crippen molar-refractivity contribution in [2.75, 3.05) is 66.5 Å². The van der Waals surface area contributed by atoms with Crippen LogP contribution in [0.3, 0.4) is 0 Å². The third kappa shape index (κ3) is 5.53. The van der Waals surface area contributed by atoms with Crippen molar-refractivity contribution in [2.24, 2.45) is 7.05 Å². The van der Waals surface area contributed by atoms with Crippen molar-refractivity contribution in [2.45, 2.75) is 0 Å². The van der Waals surface area contributed by atoms with Crippen molar-refractivity contribution in [3.05, 3.63) is 11.5 Å². The number of carbonyl (C=O) groups is 1. The van der Waals surface area contributed by atoms with E-state index in [1.165, 1.54) is 0 Å². The number of carbonyl (C=O) groups excluding carboxylic acids is 1. The molecule has 0 spiro atoms. The number of aromatic nitrogens is 2.